The standard InChI is InChI=1S/C48H31N3OS/c1-48(2)37-21-8-6-16-33(37)42-35(19-11-22-38(42)48)46-49-45(50-47(51-46)36-20-10-18-32-31-15-7-9-24-41(31)53-44(32)36)29-25-26-34-40(27-29)52-39-23-12-17-30(43(34)39)28-13-4-3-5-14-28/h3-27H,1-2H3. The van der Waals surface area contributed by atoms with Gasteiger partial charge in [0.05, 0.1) is 0 Å². The monoisotopic (exact) mass is 697 g/mol. The van der Waals surface area contributed by atoms with E-state index in [0.29, 0.717) is 17.5 Å². The normalized spacial score (nSPS) is 13.2. The molecule has 10 aromatic rings. The molecular formula is C48H31N3OS. The predicted octanol–water partition coefficient (Wildman–Crippen LogP) is 13.1. The number of aromatic nitrogens is 3. The summed E-state index contributed by atoms with van der Waals surface area (Å²) in [6, 6.07) is 53.4. The third-order valence-electron chi connectivity index (χ3n) is 11.0. The van der Waals surface area contributed by atoms with Gasteiger partial charge in [-0.3, -0.25) is 0 Å². The summed E-state index contributed by atoms with van der Waals surface area (Å²) in [5, 5.41) is 4.62. The maximum Gasteiger partial charge on any atom is 0.165 e. The molecule has 0 N–H and O–H groups in total. The van der Waals surface area contributed by atoms with Gasteiger partial charge in [-0.05, 0) is 63.7 Å². The lowest BCUT2D eigenvalue weighted by atomic mass is 9.82. The van der Waals surface area contributed by atoms with Crippen LogP contribution in [0.5, 0.6) is 0 Å². The van der Waals surface area contributed by atoms with Crippen LogP contribution in [0.4, 0.5) is 0 Å². The Morgan fingerprint density at radius 2 is 1.13 bits per heavy atom. The van der Waals surface area contributed by atoms with Crippen LogP contribution in [-0.2, 0) is 5.41 Å². The van der Waals surface area contributed by atoms with Crippen molar-refractivity contribution in [3.63, 3.8) is 0 Å². The van der Waals surface area contributed by atoms with Crippen molar-refractivity contribution in [1.29, 1.82) is 0 Å². The van der Waals surface area contributed by atoms with Crippen molar-refractivity contribution >= 4 is 53.4 Å². The molecule has 3 aromatic heterocycles. The van der Waals surface area contributed by atoms with Gasteiger partial charge in [0.25, 0.3) is 0 Å². The largest absolute Gasteiger partial charge is 0.456 e. The third kappa shape index (κ3) is 4.51. The van der Waals surface area contributed by atoms with Crippen LogP contribution in [0.15, 0.2) is 156 Å². The van der Waals surface area contributed by atoms with Crippen LogP contribution in [-0.4, -0.2) is 15.0 Å². The minimum Gasteiger partial charge on any atom is -0.456 e. The Morgan fingerprint density at radius 1 is 0.472 bits per heavy atom. The number of hydrogen-bond acceptors (Lipinski definition) is 5. The molecule has 0 unspecified atom stereocenters. The fraction of sp³-hybridized carbons (Fsp3) is 0.0625. The van der Waals surface area contributed by atoms with Crippen LogP contribution < -0.4 is 0 Å². The maximum atomic E-state index is 6.55. The summed E-state index contributed by atoms with van der Waals surface area (Å²) in [6.45, 7) is 4.61. The van der Waals surface area contributed by atoms with Gasteiger partial charge in [-0.15, -0.1) is 11.3 Å². The van der Waals surface area contributed by atoms with E-state index in [1.54, 1.807) is 11.3 Å². The van der Waals surface area contributed by atoms with E-state index in [2.05, 4.69) is 153 Å². The topological polar surface area (TPSA) is 51.8 Å². The molecule has 4 nitrogen and oxygen atoms in total. The van der Waals surface area contributed by atoms with Crippen LogP contribution in [0, 0.1) is 0 Å². The molecule has 3 heterocycles. The molecule has 0 aliphatic heterocycles. The van der Waals surface area contributed by atoms with Crippen LogP contribution in [0.3, 0.4) is 0 Å². The van der Waals surface area contributed by atoms with E-state index in [4.69, 9.17) is 19.4 Å². The van der Waals surface area contributed by atoms with Gasteiger partial charge in [0, 0.05) is 53.1 Å². The molecule has 7 aromatic carbocycles. The summed E-state index contributed by atoms with van der Waals surface area (Å²) in [7, 11) is 0. The van der Waals surface area contributed by atoms with Gasteiger partial charge >= 0.3 is 0 Å². The van der Waals surface area contributed by atoms with E-state index in [1.807, 2.05) is 12.1 Å². The van der Waals surface area contributed by atoms with Gasteiger partial charge in [-0.1, -0.05) is 135 Å². The van der Waals surface area contributed by atoms with Crippen molar-refractivity contribution in [3.05, 3.63) is 163 Å². The third-order valence-corrected chi connectivity index (χ3v) is 12.2. The van der Waals surface area contributed by atoms with E-state index < -0.39 is 0 Å². The molecule has 250 valence electrons. The second-order valence-electron chi connectivity index (χ2n) is 14.3. The van der Waals surface area contributed by atoms with Gasteiger partial charge in [0.2, 0.25) is 0 Å². The molecule has 0 amide bonds. The number of hydrogen-bond donors (Lipinski definition) is 0. The molecule has 1 aliphatic carbocycles. The molecule has 0 saturated heterocycles. The number of nitrogens with zero attached hydrogens (tertiary/aromatic N) is 3. The summed E-state index contributed by atoms with van der Waals surface area (Å²) in [5.41, 5.74) is 11.7. The lowest BCUT2D eigenvalue weighted by molar-refractivity contribution is 0.660. The minimum absolute atomic E-state index is 0.145. The highest BCUT2D eigenvalue weighted by Gasteiger charge is 2.37. The first-order valence-electron chi connectivity index (χ1n) is 17.9. The van der Waals surface area contributed by atoms with E-state index in [1.165, 1.54) is 42.4 Å². The van der Waals surface area contributed by atoms with E-state index >= 15 is 0 Å². The van der Waals surface area contributed by atoms with E-state index in [9.17, 15) is 0 Å². The Morgan fingerprint density at radius 3 is 2.04 bits per heavy atom. The quantitative estimate of drug-likeness (QED) is 0.184. The smallest absolute Gasteiger partial charge is 0.165 e. The number of furan rings is 1. The highest BCUT2D eigenvalue weighted by atomic mass is 32.1. The van der Waals surface area contributed by atoms with Gasteiger partial charge < -0.3 is 4.42 Å². The predicted molar refractivity (Wildman–Crippen MR) is 219 cm³/mol. The minimum atomic E-state index is -0.145. The van der Waals surface area contributed by atoms with Crippen LogP contribution in [0.1, 0.15) is 25.0 Å². The van der Waals surface area contributed by atoms with Gasteiger partial charge in [-0.25, -0.2) is 15.0 Å². The van der Waals surface area contributed by atoms with Crippen LogP contribution in [0.25, 0.3) is 98.5 Å². The number of benzene rings is 7. The average molecular weight is 698 g/mol. The molecule has 0 spiro atoms. The highest BCUT2D eigenvalue weighted by Crippen LogP contribution is 2.52. The van der Waals surface area contributed by atoms with Crippen molar-refractivity contribution in [2.45, 2.75) is 19.3 Å². The van der Waals surface area contributed by atoms with Gasteiger partial charge in [0.15, 0.2) is 17.5 Å². The van der Waals surface area contributed by atoms with Crippen molar-refractivity contribution < 1.29 is 4.42 Å². The Balaban J connectivity index is 1.16. The molecule has 53 heavy (non-hydrogen) atoms. The van der Waals surface area contributed by atoms with Crippen LogP contribution >= 0.6 is 11.3 Å². The maximum absolute atomic E-state index is 6.55. The first-order valence-corrected chi connectivity index (χ1v) is 18.8. The molecule has 1 aliphatic rings. The number of fused-ring (bicyclic) bond motifs is 9. The summed E-state index contributed by atoms with van der Waals surface area (Å²) in [5.74, 6) is 1.92. The first kappa shape index (κ1) is 30.2. The fourth-order valence-corrected chi connectivity index (χ4v) is 9.64. The van der Waals surface area contributed by atoms with Crippen molar-refractivity contribution in [3.8, 4) is 56.4 Å². The first-order chi connectivity index (χ1) is 26.0. The summed E-state index contributed by atoms with van der Waals surface area (Å²) in [4.78, 5) is 15.9. The molecule has 0 saturated carbocycles. The van der Waals surface area contributed by atoms with Crippen molar-refractivity contribution in [2.24, 2.45) is 0 Å². The zero-order chi connectivity index (χ0) is 35.3. The van der Waals surface area contributed by atoms with Gasteiger partial charge in [0.1, 0.15) is 11.2 Å². The van der Waals surface area contributed by atoms with Crippen molar-refractivity contribution in [1.82, 2.24) is 15.0 Å². The summed E-state index contributed by atoms with van der Waals surface area (Å²) < 4.78 is 8.96. The zero-order valence-electron chi connectivity index (χ0n) is 29.1. The molecule has 0 atom stereocenters. The Labute approximate surface area is 310 Å². The van der Waals surface area contributed by atoms with Crippen LogP contribution in [0.2, 0.25) is 0 Å². The molecule has 5 heteroatoms. The molecule has 0 fully saturated rings. The molecule has 11 rings (SSSR count). The Hall–Kier alpha value is -6.43. The van der Waals surface area contributed by atoms with Gasteiger partial charge in [-0.2, -0.15) is 0 Å². The summed E-state index contributed by atoms with van der Waals surface area (Å²) in [6.07, 6.45) is 0. The van der Waals surface area contributed by atoms with Crippen molar-refractivity contribution in [2.75, 3.05) is 0 Å². The highest BCUT2D eigenvalue weighted by molar-refractivity contribution is 7.26. The molecule has 0 bridgehead atoms. The average Bonchev–Trinajstić information content (AvgIpc) is 3.85. The van der Waals surface area contributed by atoms with E-state index in [0.717, 1.165) is 49.8 Å². The number of thiophene rings is 1. The molecular weight excluding hydrogens is 667 g/mol. The Bertz CT molecular complexity index is 3100. The van der Waals surface area contributed by atoms with E-state index in [-0.39, 0.29) is 5.41 Å². The lowest BCUT2D eigenvalue weighted by Gasteiger charge is -2.21. The zero-order valence-corrected chi connectivity index (χ0v) is 29.9. The fourth-order valence-electron chi connectivity index (χ4n) is 8.43. The lowest BCUT2D eigenvalue weighted by Crippen LogP contribution is -2.14. The second kappa shape index (κ2) is 11.3. The molecule has 0 radical (unpaired) electrons. The second-order valence-corrected chi connectivity index (χ2v) is 15.4. The summed E-state index contributed by atoms with van der Waals surface area (Å²) >= 11 is 1.79. The number of rotatable bonds is 4. The SMILES string of the molecule is CC1(C)c2ccccc2-c2c(-c3nc(-c4ccc5c(c4)oc4cccc(-c6ccccc6)c45)nc(-c4cccc5c4sc4ccccc45)n3)cccc21. The Kier molecular flexibility index (Phi) is 6.43.